The van der Waals surface area contributed by atoms with Gasteiger partial charge in [-0.15, -0.1) is 11.6 Å². The van der Waals surface area contributed by atoms with Crippen LogP contribution in [-0.2, 0) is 0 Å². The summed E-state index contributed by atoms with van der Waals surface area (Å²) in [4.78, 5) is 11.6. The third kappa shape index (κ3) is 5.50. The lowest BCUT2D eigenvalue weighted by molar-refractivity contribution is 0.108. The van der Waals surface area contributed by atoms with Crippen molar-refractivity contribution in [1.82, 2.24) is 0 Å². The van der Waals surface area contributed by atoms with Gasteiger partial charge in [0.1, 0.15) is 0 Å². The summed E-state index contributed by atoms with van der Waals surface area (Å²) in [5, 5.41) is 0.155. The first-order valence-corrected chi connectivity index (χ1v) is 7.38. The molecule has 1 rings (SSSR count). The average Bonchev–Trinajstić information content (AvgIpc) is 2.30. The van der Waals surface area contributed by atoms with E-state index in [-0.39, 0.29) is 5.12 Å². The first-order chi connectivity index (χ1) is 7.34. The van der Waals surface area contributed by atoms with Gasteiger partial charge in [0, 0.05) is 28.7 Å². The van der Waals surface area contributed by atoms with E-state index in [0.717, 1.165) is 22.8 Å². The zero-order valence-electron chi connectivity index (χ0n) is 8.32. The number of carbonyl (C=O) groups excluding carboxylic acids is 1. The zero-order chi connectivity index (χ0) is 10.9. The first-order valence-electron chi connectivity index (χ1n) is 4.70. The smallest absolute Gasteiger partial charge is 0.219 e. The average molecular weight is 261 g/mol. The predicted octanol–water partition coefficient (Wildman–Crippen LogP) is 3.53. The van der Waals surface area contributed by atoms with Crippen molar-refractivity contribution < 1.29 is 4.79 Å². The second kappa shape index (κ2) is 8.08. The second-order valence-corrected chi connectivity index (χ2v) is 5.47. The highest BCUT2D eigenvalue weighted by Gasteiger charge is 2.04. The lowest BCUT2D eigenvalue weighted by Crippen LogP contribution is -1.96. The van der Waals surface area contributed by atoms with Crippen LogP contribution in [0.4, 0.5) is 0 Å². The lowest BCUT2D eigenvalue weighted by atomic mass is 10.2. The minimum atomic E-state index is 0.155. The molecule has 0 fully saturated rings. The van der Waals surface area contributed by atoms with Crippen LogP contribution in [0.2, 0.25) is 0 Å². The molecule has 0 bridgehead atoms. The van der Waals surface area contributed by atoms with Crippen molar-refractivity contribution in [3.8, 4) is 0 Å². The van der Waals surface area contributed by atoms with Crippen molar-refractivity contribution in [2.45, 2.75) is 0 Å². The second-order valence-electron chi connectivity index (χ2n) is 2.80. The number of thioether (sulfide) groups is 2. The van der Waals surface area contributed by atoms with Gasteiger partial charge in [-0.25, -0.2) is 0 Å². The third-order valence-electron chi connectivity index (χ3n) is 1.69. The summed E-state index contributed by atoms with van der Waals surface area (Å²) in [6, 6.07) is 9.38. The highest BCUT2D eigenvalue weighted by molar-refractivity contribution is 8.14. The molecule has 15 heavy (non-hydrogen) atoms. The van der Waals surface area contributed by atoms with Crippen molar-refractivity contribution in [3.63, 3.8) is 0 Å². The third-order valence-corrected chi connectivity index (χ3v) is 4.26. The number of hydrogen-bond acceptors (Lipinski definition) is 3. The van der Waals surface area contributed by atoms with Gasteiger partial charge in [-0.1, -0.05) is 42.1 Å². The van der Waals surface area contributed by atoms with Crippen LogP contribution in [0, 0.1) is 0 Å². The topological polar surface area (TPSA) is 17.1 Å². The van der Waals surface area contributed by atoms with Gasteiger partial charge in [0.2, 0.25) is 5.12 Å². The Hall–Kier alpha value is -0.120. The Morgan fingerprint density at radius 3 is 2.53 bits per heavy atom. The Labute approximate surface area is 104 Å². The van der Waals surface area contributed by atoms with E-state index < -0.39 is 0 Å². The monoisotopic (exact) mass is 260 g/mol. The van der Waals surface area contributed by atoms with Crippen LogP contribution in [0.5, 0.6) is 0 Å². The van der Waals surface area contributed by atoms with Crippen molar-refractivity contribution in [2.24, 2.45) is 0 Å². The number of hydrogen-bond donors (Lipinski definition) is 0. The van der Waals surface area contributed by atoms with E-state index in [1.165, 1.54) is 11.8 Å². The van der Waals surface area contributed by atoms with Crippen LogP contribution < -0.4 is 0 Å². The van der Waals surface area contributed by atoms with E-state index in [4.69, 9.17) is 11.6 Å². The molecule has 0 spiro atoms. The molecule has 0 aliphatic carbocycles. The Balaban J connectivity index is 2.20. The molecule has 0 unspecified atom stereocenters. The van der Waals surface area contributed by atoms with Crippen LogP contribution in [0.3, 0.4) is 0 Å². The number of benzene rings is 1. The van der Waals surface area contributed by atoms with Crippen molar-refractivity contribution in [2.75, 3.05) is 23.1 Å². The fourth-order valence-electron chi connectivity index (χ4n) is 1.01. The van der Waals surface area contributed by atoms with Gasteiger partial charge in [0.25, 0.3) is 0 Å². The molecule has 0 heterocycles. The minimum absolute atomic E-state index is 0.155. The maximum Gasteiger partial charge on any atom is 0.219 e. The first kappa shape index (κ1) is 12.9. The van der Waals surface area contributed by atoms with Crippen molar-refractivity contribution in [1.29, 1.82) is 0 Å². The van der Waals surface area contributed by atoms with Crippen LogP contribution in [-0.4, -0.2) is 28.3 Å². The maximum absolute atomic E-state index is 11.6. The predicted molar refractivity (Wildman–Crippen MR) is 71.3 cm³/mol. The molecule has 1 aromatic carbocycles. The number of rotatable bonds is 6. The van der Waals surface area contributed by atoms with Gasteiger partial charge in [-0.3, -0.25) is 4.79 Å². The molecule has 0 saturated carbocycles. The number of carbonyl (C=O) groups is 1. The fraction of sp³-hybridized carbons (Fsp3) is 0.364. The Morgan fingerprint density at radius 2 is 1.87 bits per heavy atom. The highest BCUT2D eigenvalue weighted by Crippen LogP contribution is 2.14. The zero-order valence-corrected chi connectivity index (χ0v) is 10.7. The molecule has 0 saturated heterocycles. The van der Waals surface area contributed by atoms with E-state index in [0.29, 0.717) is 5.88 Å². The van der Waals surface area contributed by atoms with E-state index in [2.05, 4.69) is 0 Å². The van der Waals surface area contributed by atoms with Crippen LogP contribution in [0.25, 0.3) is 0 Å². The van der Waals surface area contributed by atoms with E-state index in [9.17, 15) is 4.79 Å². The Bertz CT molecular complexity index is 290. The van der Waals surface area contributed by atoms with E-state index in [1.54, 1.807) is 11.8 Å². The summed E-state index contributed by atoms with van der Waals surface area (Å²) in [7, 11) is 0. The van der Waals surface area contributed by atoms with Gasteiger partial charge in [-0.05, 0) is 0 Å². The summed E-state index contributed by atoms with van der Waals surface area (Å²) in [5.74, 6) is 3.48. The van der Waals surface area contributed by atoms with E-state index >= 15 is 0 Å². The van der Waals surface area contributed by atoms with Gasteiger partial charge < -0.3 is 0 Å². The molecular weight excluding hydrogens is 248 g/mol. The molecule has 0 aliphatic heterocycles. The molecule has 82 valence electrons. The highest BCUT2D eigenvalue weighted by atomic mass is 35.5. The number of alkyl halides is 1. The van der Waals surface area contributed by atoms with Crippen LogP contribution in [0.1, 0.15) is 10.4 Å². The van der Waals surface area contributed by atoms with Crippen LogP contribution >= 0.6 is 35.1 Å². The quantitative estimate of drug-likeness (QED) is 0.575. The normalized spacial score (nSPS) is 10.2. The SMILES string of the molecule is O=C(SCCSCCCl)c1ccccc1. The fourth-order valence-corrected chi connectivity index (χ4v) is 2.94. The minimum Gasteiger partial charge on any atom is -0.282 e. The van der Waals surface area contributed by atoms with Crippen molar-refractivity contribution >= 4 is 40.2 Å². The van der Waals surface area contributed by atoms with Gasteiger partial charge in [0.05, 0.1) is 0 Å². The Morgan fingerprint density at radius 1 is 1.13 bits per heavy atom. The molecule has 4 heteroatoms. The summed E-state index contributed by atoms with van der Waals surface area (Å²) < 4.78 is 0. The largest absolute Gasteiger partial charge is 0.282 e. The molecule has 0 radical (unpaired) electrons. The molecule has 0 N–H and O–H groups in total. The van der Waals surface area contributed by atoms with E-state index in [1.807, 2.05) is 30.3 Å². The summed E-state index contributed by atoms with van der Waals surface area (Å²) >= 11 is 8.71. The summed E-state index contributed by atoms with van der Waals surface area (Å²) in [6.45, 7) is 0. The molecular formula is C11H13ClOS2. The molecule has 0 amide bonds. The summed E-state index contributed by atoms with van der Waals surface area (Å²) in [6.07, 6.45) is 0. The standard InChI is InChI=1S/C11H13ClOS2/c12-6-7-14-8-9-15-11(13)10-4-2-1-3-5-10/h1-5H,6-9H2. The van der Waals surface area contributed by atoms with Gasteiger partial charge in [0.15, 0.2) is 0 Å². The Kier molecular flexibility index (Phi) is 6.98. The molecule has 0 aliphatic rings. The lowest BCUT2D eigenvalue weighted by Gasteiger charge is -2.00. The molecule has 0 aromatic heterocycles. The van der Waals surface area contributed by atoms with Crippen molar-refractivity contribution in [3.05, 3.63) is 35.9 Å². The number of halogens is 1. The molecule has 1 nitrogen and oxygen atoms in total. The molecule has 0 atom stereocenters. The van der Waals surface area contributed by atoms with Gasteiger partial charge >= 0.3 is 0 Å². The summed E-state index contributed by atoms with van der Waals surface area (Å²) in [5.41, 5.74) is 0.782. The molecule has 1 aromatic rings. The maximum atomic E-state index is 11.6. The van der Waals surface area contributed by atoms with Gasteiger partial charge in [-0.2, -0.15) is 11.8 Å². The van der Waals surface area contributed by atoms with Crippen LogP contribution in [0.15, 0.2) is 30.3 Å².